The molecule has 2 rings (SSSR count). The van der Waals surface area contributed by atoms with E-state index in [-0.39, 0.29) is 18.9 Å². The van der Waals surface area contributed by atoms with Crippen LogP contribution in [0.25, 0.3) is 0 Å². The third kappa shape index (κ3) is 5.98. The molecule has 0 bridgehead atoms. The molecule has 1 fully saturated rings. The van der Waals surface area contributed by atoms with Crippen LogP contribution in [0.4, 0.5) is 0 Å². The van der Waals surface area contributed by atoms with Crippen molar-refractivity contribution in [1.82, 2.24) is 4.90 Å². The number of aliphatic hydroxyl groups is 1. The number of hydrogen-bond acceptors (Lipinski definition) is 7. The molecular formula is C16H22N2O6. The highest BCUT2D eigenvalue weighted by molar-refractivity contribution is 5.92. The molecule has 2 heterocycles. The second kappa shape index (κ2) is 10.3. The number of primary amides is 1. The lowest BCUT2D eigenvalue weighted by molar-refractivity contribution is -0.143. The summed E-state index contributed by atoms with van der Waals surface area (Å²) in [5.41, 5.74) is 5.81. The van der Waals surface area contributed by atoms with Crippen LogP contribution in [-0.4, -0.2) is 54.2 Å². The highest BCUT2D eigenvalue weighted by atomic mass is 16.6. The molecule has 1 amide bonds. The van der Waals surface area contributed by atoms with E-state index in [0.717, 1.165) is 32.1 Å². The number of carbonyl (C=O) groups excluding carboxylic acids is 3. The quantitative estimate of drug-likeness (QED) is 0.397. The predicted molar refractivity (Wildman–Crippen MR) is 85.1 cm³/mol. The Labute approximate surface area is 140 Å². The molecule has 0 aromatic heterocycles. The minimum absolute atomic E-state index is 0.127. The Morgan fingerprint density at radius 3 is 2.88 bits per heavy atom. The van der Waals surface area contributed by atoms with Gasteiger partial charge in [0.15, 0.2) is 0 Å². The molecule has 1 saturated heterocycles. The molecule has 0 saturated carbocycles. The summed E-state index contributed by atoms with van der Waals surface area (Å²) in [5, 5.41) is 7.00. The van der Waals surface area contributed by atoms with Gasteiger partial charge in [0.2, 0.25) is 5.91 Å². The molecule has 0 radical (unpaired) electrons. The molecule has 2 aliphatic heterocycles. The molecule has 8 heteroatoms. The van der Waals surface area contributed by atoms with Crippen LogP contribution in [0.1, 0.15) is 19.3 Å². The number of hydrogen-bond donors (Lipinski definition) is 2. The van der Waals surface area contributed by atoms with Gasteiger partial charge in [0.25, 0.3) is 0 Å². The highest BCUT2D eigenvalue weighted by Crippen LogP contribution is 2.26. The second-order valence-corrected chi connectivity index (χ2v) is 4.97. The Morgan fingerprint density at radius 1 is 1.46 bits per heavy atom. The first-order valence-corrected chi connectivity index (χ1v) is 7.43. The van der Waals surface area contributed by atoms with Crippen LogP contribution in [0.15, 0.2) is 36.2 Å². The normalized spacial score (nSPS) is 22.6. The predicted octanol–water partition coefficient (Wildman–Crippen LogP) is -0.0131. The van der Waals surface area contributed by atoms with Crippen molar-refractivity contribution in [2.45, 2.75) is 31.6 Å². The number of allylic oxidation sites excluding steroid dienone is 2. The Bertz CT molecular complexity index is 541. The third-order valence-corrected chi connectivity index (χ3v) is 3.38. The SMILES string of the molecule is CO.NC(=O)C1=CN(C2CCC(COC(=O)/C=C/C=O)O2)C=CC1. The Morgan fingerprint density at radius 2 is 2.21 bits per heavy atom. The van der Waals surface area contributed by atoms with E-state index >= 15 is 0 Å². The maximum atomic E-state index is 11.3. The largest absolute Gasteiger partial charge is 0.460 e. The van der Waals surface area contributed by atoms with E-state index in [9.17, 15) is 14.4 Å². The standard InChI is InChI=1S/C15H18N2O5.CH4O/c16-15(20)11-3-1-7-17(9-11)13-6-5-12(22-13)10-21-14(19)4-2-8-18;1-2/h1-2,4,7-9,12-13H,3,5-6,10H2,(H2,16,20);2H,1H3/b4-2+;. The van der Waals surface area contributed by atoms with Crippen molar-refractivity contribution >= 4 is 18.2 Å². The van der Waals surface area contributed by atoms with E-state index in [4.69, 9.17) is 20.3 Å². The van der Waals surface area contributed by atoms with Gasteiger partial charge in [-0.1, -0.05) is 6.08 Å². The number of rotatable bonds is 6. The zero-order valence-corrected chi connectivity index (χ0v) is 13.5. The Hall–Kier alpha value is -2.45. The van der Waals surface area contributed by atoms with E-state index < -0.39 is 11.9 Å². The summed E-state index contributed by atoms with van der Waals surface area (Å²) >= 11 is 0. The second-order valence-electron chi connectivity index (χ2n) is 4.97. The first kappa shape index (κ1) is 19.6. The lowest BCUT2D eigenvalue weighted by Crippen LogP contribution is -2.30. The van der Waals surface area contributed by atoms with Crippen LogP contribution in [0.3, 0.4) is 0 Å². The minimum atomic E-state index is -0.576. The zero-order valence-electron chi connectivity index (χ0n) is 13.5. The summed E-state index contributed by atoms with van der Waals surface area (Å²) in [6.45, 7) is 0.127. The monoisotopic (exact) mass is 338 g/mol. The number of aldehydes is 1. The van der Waals surface area contributed by atoms with E-state index in [0.29, 0.717) is 18.3 Å². The summed E-state index contributed by atoms with van der Waals surface area (Å²) in [4.78, 5) is 34.4. The lowest BCUT2D eigenvalue weighted by atomic mass is 10.1. The number of ether oxygens (including phenoxy) is 2. The van der Waals surface area contributed by atoms with Gasteiger partial charge in [-0.3, -0.25) is 9.59 Å². The molecule has 0 aromatic carbocycles. The van der Waals surface area contributed by atoms with Gasteiger partial charge >= 0.3 is 5.97 Å². The minimum Gasteiger partial charge on any atom is -0.460 e. The van der Waals surface area contributed by atoms with Gasteiger partial charge in [-0.25, -0.2) is 4.79 Å². The molecule has 8 nitrogen and oxygen atoms in total. The summed E-state index contributed by atoms with van der Waals surface area (Å²) in [6, 6.07) is 0. The van der Waals surface area contributed by atoms with Gasteiger partial charge in [-0.2, -0.15) is 0 Å². The smallest absolute Gasteiger partial charge is 0.330 e. The van der Waals surface area contributed by atoms with Crippen LogP contribution in [0.2, 0.25) is 0 Å². The molecule has 2 unspecified atom stereocenters. The first-order chi connectivity index (χ1) is 11.6. The Balaban J connectivity index is 0.00000139. The molecule has 24 heavy (non-hydrogen) atoms. The van der Waals surface area contributed by atoms with Crippen LogP contribution in [0, 0.1) is 0 Å². The fourth-order valence-electron chi connectivity index (χ4n) is 2.29. The van der Waals surface area contributed by atoms with Gasteiger partial charge in [0, 0.05) is 31.2 Å². The molecule has 2 atom stereocenters. The number of nitrogens with two attached hydrogens (primary N) is 1. The first-order valence-electron chi connectivity index (χ1n) is 7.43. The van der Waals surface area contributed by atoms with Gasteiger partial charge in [0.1, 0.15) is 19.1 Å². The van der Waals surface area contributed by atoms with Gasteiger partial charge < -0.3 is 25.2 Å². The van der Waals surface area contributed by atoms with Crippen LogP contribution in [0.5, 0.6) is 0 Å². The van der Waals surface area contributed by atoms with E-state index in [1.165, 1.54) is 0 Å². The summed E-state index contributed by atoms with van der Waals surface area (Å²) < 4.78 is 10.8. The molecule has 3 N–H and O–H groups in total. The highest BCUT2D eigenvalue weighted by Gasteiger charge is 2.30. The molecular weight excluding hydrogens is 316 g/mol. The van der Waals surface area contributed by atoms with Crippen LogP contribution >= 0.6 is 0 Å². The zero-order chi connectivity index (χ0) is 17.9. The van der Waals surface area contributed by atoms with Crippen molar-refractivity contribution in [2.24, 2.45) is 5.73 Å². The maximum Gasteiger partial charge on any atom is 0.330 e. The van der Waals surface area contributed by atoms with E-state index in [1.54, 1.807) is 11.1 Å². The number of carbonyl (C=O) groups is 3. The fourth-order valence-corrected chi connectivity index (χ4v) is 2.29. The van der Waals surface area contributed by atoms with Crippen molar-refractivity contribution in [3.63, 3.8) is 0 Å². The van der Waals surface area contributed by atoms with Crippen molar-refractivity contribution < 1.29 is 29.0 Å². The number of esters is 1. The molecule has 2 aliphatic rings. The van der Waals surface area contributed by atoms with Gasteiger partial charge in [0.05, 0.1) is 6.10 Å². The molecule has 0 aromatic rings. The van der Waals surface area contributed by atoms with E-state index in [2.05, 4.69) is 0 Å². The average Bonchev–Trinajstić information content (AvgIpc) is 3.09. The summed E-state index contributed by atoms with van der Waals surface area (Å²) in [7, 11) is 1.00. The summed E-state index contributed by atoms with van der Waals surface area (Å²) in [5.74, 6) is -1.02. The summed E-state index contributed by atoms with van der Waals surface area (Å²) in [6.07, 6.45) is 9.62. The number of aliphatic hydroxyl groups excluding tert-OH is 1. The fraction of sp³-hybridized carbons (Fsp3) is 0.438. The van der Waals surface area contributed by atoms with E-state index in [1.807, 2.05) is 12.3 Å². The van der Waals surface area contributed by atoms with Crippen LogP contribution < -0.4 is 5.73 Å². The molecule has 0 spiro atoms. The van der Waals surface area contributed by atoms with Crippen molar-refractivity contribution in [2.75, 3.05) is 13.7 Å². The lowest BCUT2D eigenvalue weighted by Gasteiger charge is -2.27. The Kier molecular flexibility index (Phi) is 8.45. The number of amides is 1. The van der Waals surface area contributed by atoms with Gasteiger partial charge in [-0.15, -0.1) is 0 Å². The molecule has 132 valence electrons. The van der Waals surface area contributed by atoms with Crippen LogP contribution in [-0.2, 0) is 23.9 Å². The average molecular weight is 338 g/mol. The van der Waals surface area contributed by atoms with Crippen molar-refractivity contribution in [3.8, 4) is 0 Å². The van der Waals surface area contributed by atoms with Crippen molar-refractivity contribution in [1.29, 1.82) is 0 Å². The third-order valence-electron chi connectivity index (χ3n) is 3.38. The topological polar surface area (TPSA) is 119 Å². The van der Waals surface area contributed by atoms with Gasteiger partial charge in [-0.05, 0) is 25.3 Å². The van der Waals surface area contributed by atoms with Crippen molar-refractivity contribution in [3.05, 3.63) is 36.2 Å². The number of nitrogens with zero attached hydrogens (tertiary/aromatic N) is 1. The maximum absolute atomic E-state index is 11.3. The molecule has 0 aliphatic carbocycles.